The van der Waals surface area contributed by atoms with Gasteiger partial charge in [0.15, 0.2) is 0 Å². The number of nitrogens with two attached hydrogens (primary N) is 1. The quantitative estimate of drug-likeness (QED) is 0.0179. The van der Waals surface area contributed by atoms with E-state index >= 15 is 0 Å². The van der Waals surface area contributed by atoms with E-state index in [1.807, 2.05) is 37.3 Å². The van der Waals surface area contributed by atoms with Crippen molar-refractivity contribution in [3.05, 3.63) is 124 Å². The third-order valence-electron chi connectivity index (χ3n) is 13.4. The van der Waals surface area contributed by atoms with E-state index in [1.165, 1.54) is 18.2 Å². The van der Waals surface area contributed by atoms with E-state index in [1.54, 1.807) is 62.5 Å². The first-order valence-electron chi connectivity index (χ1n) is 28.9. The van der Waals surface area contributed by atoms with Gasteiger partial charge < -0.3 is 76.1 Å². The molecule has 2 unspecified atom stereocenters. The summed E-state index contributed by atoms with van der Waals surface area (Å²) < 4.78 is 33.6. The van der Waals surface area contributed by atoms with Crippen molar-refractivity contribution in [3.8, 4) is 28.5 Å². The van der Waals surface area contributed by atoms with Gasteiger partial charge in [0.25, 0.3) is 11.8 Å². The molecule has 4 aromatic heterocycles. The largest absolute Gasteiger partial charge is 0.490 e. The van der Waals surface area contributed by atoms with Gasteiger partial charge in [-0.05, 0) is 95.7 Å². The molecule has 7 rings (SSSR count). The number of aryl methyl sites for hydroxylation is 1. The number of aromatic amines is 1. The maximum absolute atomic E-state index is 13.7. The molecule has 2 atom stereocenters. The molecule has 0 spiro atoms. The number of nitrogens with zero attached hydrogens (tertiary/aromatic N) is 5. The average Bonchev–Trinajstić information content (AvgIpc) is 1.80. The Balaban J connectivity index is 0.815. The Morgan fingerprint density at radius 3 is 2.13 bits per heavy atom. The number of anilines is 2. The molecule has 28 nitrogen and oxygen atoms in total. The number of nitrogens with one attached hydrogen (secondary N) is 7. The van der Waals surface area contributed by atoms with Crippen LogP contribution in [0, 0.1) is 12.8 Å². The smallest absolute Gasteiger partial charge is 0.407 e. The van der Waals surface area contributed by atoms with E-state index < -0.39 is 47.9 Å². The zero-order chi connectivity index (χ0) is 64.4. The third-order valence-corrected chi connectivity index (χ3v) is 14.2. The highest BCUT2D eigenvalue weighted by atomic mass is 79.9. The second-order valence-corrected chi connectivity index (χ2v) is 21.3. The number of ether oxygens (including phenoxy) is 6. The van der Waals surface area contributed by atoms with Crippen molar-refractivity contribution in [1.29, 1.82) is 0 Å². The van der Waals surface area contributed by atoms with Gasteiger partial charge in [-0.2, -0.15) is 0 Å². The maximum atomic E-state index is 13.7. The summed E-state index contributed by atoms with van der Waals surface area (Å²) in [6, 6.07) is 19.6. The number of halogens is 1. The highest BCUT2D eigenvalue weighted by molar-refractivity contribution is 9.10. The van der Waals surface area contributed by atoms with E-state index in [9.17, 15) is 43.5 Å². The molecule has 6 aromatic rings. The number of carbonyl (C=O) groups excluding carboxylic acids is 7. The summed E-state index contributed by atoms with van der Waals surface area (Å²) in [7, 11) is 0. The first-order valence-corrected chi connectivity index (χ1v) is 29.7. The number of carboxylic acid groups (broad SMARTS) is 1. The van der Waals surface area contributed by atoms with Gasteiger partial charge in [-0.25, -0.2) is 24.4 Å². The van der Waals surface area contributed by atoms with Crippen molar-refractivity contribution < 1.29 is 71.9 Å². The van der Waals surface area contributed by atoms with Crippen LogP contribution in [-0.4, -0.2) is 174 Å². The molecule has 1 aliphatic heterocycles. The van der Waals surface area contributed by atoms with Gasteiger partial charge in [0.1, 0.15) is 42.6 Å². The molecule has 8 amide bonds. The molecule has 1 aliphatic rings. The van der Waals surface area contributed by atoms with E-state index in [4.69, 9.17) is 49.1 Å². The van der Waals surface area contributed by atoms with Crippen molar-refractivity contribution >= 4 is 86.0 Å². The Hall–Kier alpha value is -9.42. The number of benzene rings is 2. The predicted octanol–water partition coefficient (Wildman–Crippen LogP) is 5.16. The van der Waals surface area contributed by atoms with Crippen LogP contribution in [-0.2, 0) is 60.8 Å². The molecule has 90 heavy (non-hydrogen) atoms. The van der Waals surface area contributed by atoms with Gasteiger partial charge in [-0.3, -0.25) is 38.8 Å². The Bertz CT molecular complexity index is 3480. The molecule has 29 heteroatoms. The van der Waals surface area contributed by atoms with Crippen molar-refractivity contribution in [3.63, 3.8) is 0 Å². The molecule has 0 radical (unpaired) electrons. The number of rotatable bonds is 37. The Kier molecular flexibility index (Phi) is 26.4. The van der Waals surface area contributed by atoms with E-state index in [0.717, 1.165) is 10.6 Å². The van der Waals surface area contributed by atoms with E-state index in [0.29, 0.717) is 86.6 Å². The van der Waals surface area contributed by atoms with Gasteiger partial charge in [-0.15, -0.1) is 0 Å². The number of fused-ring (bicyclic) bond motifs is 1. The van der Waals surface area contributed by atoms with Crippen LogP contribution in [0.15, 0.2) is 102 Å². The number of alkyl carbamates (subject to hydrolysis) is 1. The monoisotopic (exact) mass is 1310 g/mol. The highest BCUT2D eigenvalue weighted by Gasteiger charge is 2.29. The molecule has 0 bridgehead atoms. The van der Waals surface area contributed by atoms with Crippen LogP contribution in [0.4, 0.5) is 21.0 Å². The lowest BCUT2D eigenvalue weighted by Crippen LogP contribution is -2.54. The molecule has 5 heterocycles. The summed E-state index contributed by atoms with van der Waals surface area (Å²) in [5, 5.41) is 26.2. The first-order chi connectivity index (χ1) is 43.4. The number of urea groups is 1. The average molecular weight is 1310 g/mol. The molecule has 0 saturated carbocycles. The number of H-pyrrole nitrogens is 1. The number of aromatic carboxylic acids is 1. The van der Waals surface area contributed by atoms with Crippen molar-refractivity contribution in [2.45, 2.75) is 65.3 Å². The predicted molar refractivity (Wildman–Crippen MR) is 332 cm³/mol. The van der Waals surface area contributed by atoms with Gasteiger partial charge in [0.2, 0.25) is 17.7 Å². The lowest BCUT2D eigenvalue weighted by atomic mass is 10.0. The highest BCUT2D eigenvalue weighted by Crippen LogP contribution is 2.32. The zero-order valence-corrected chi connectivity index (χ0v) is 51.4. The van der Waals surface area contributed by atoms with Gasteiger partial charge in [0.05, 0.1) is 117 Å². The number of imidazole rings is 1. The molecular weight excluding hydrogens is 1230 g/mol. The number of hydrogen-bond donors (Lipinski definition) is 9. The minimum Gasteiger partial charge on any atom is -0.490 e. The zero-order valence-electron chi connectivity index (χ0n) is 49.8. The fraction of sp³-hybridized carbons (Fsp3) is 0.377. The maximum Gasteiger partial charge on any atom is 0.407 e. The second-order valence-electron chi connectivity index (χ2n) is 20.5. The lowest BCUT2D eigenvalue weighted by Gasteiger charge is -2.25. The molecule has 0 saturated heterocycles. The van der Waals surface area contributed by atoms with Crippen molar-refractivity contribution in [1.82, 2.24) is 51.1 Å². The Labute approximate surface area is 526 Å². The Morgan fingerprint density at radius 2 is 1.44 bits per heavy atom. The van der Waals surface area contributed by atoms with Crippen LogP contribution < -0.4 is 42.4 Å². The number of amides is 8. The molecule has 2 aromatic carbocycles. The summed E-state index contributed by atoms with van der Waals surface area (Å²) in [5.41, 5.74) is 11.2. The SMILES string of the molecule is Cc1cccc(-c2nc(CNc3cccc(C(=O)O)c3Br)[nH]c2-c2ccc3ncc(OCCNC(=O)OCc4ccc(NC(=O)C(CCCNC(N)=O)NC(=O)C(NC(=O)CCOCCOCCOCCOCCN5C(=O)C=CC5=O)C(C)C)cc4)cc3n2)n1. The minimum absolute atomic E-state index is 0.0454. The van der Waals surface area contributed by atoms with Gasteiger partial charge in [-0.1, -0.05) is 38.1 Å². The molecule has 478 valence electrons. The minimum atomic E-state index is -1.08. The van der Waals surface area contributed by atoms with E-state index in [-0.39, 0.29) is 115 Å². The van der Waals surface area contributed by atoms with Crippen LogP contribution >= 0.6 is 15.9 Å². The van der Waals surface area contributed by atoms with Crippen molar-refractivity contribution in [2.75, 3.05) is 89.7 Å². The summed E-state index contributed by atoms with van der Waals surface area (Å²) in [4.78, 5) is 123. The van der Waals surface area contributed by atoms with Crippen LogP contribution in [0.2, 0.25) is 0 Å². The molecule has 0 aliphatic carbocycles. The van der Waals surface area contributed by atoms with Crippen LogP contribution in [0.5, 0.6) is 5.75 Å². The number of carbonyl (C=O) groups is 8. The summed E-state index contributed by atoms with van der Waals surface area (Å²) in [5.74, 6) is -2.79. The number of hydrogen-bond acceptors (Lipinski definition) is 19. The number of pyridine rings is 3. The number of aromatic nitrogens is 5. The number of imide groups is 1. The van der Waals surface area contributed by atoms with Crippen LogP contribution in [0.3, 0.4) is 0 Å². The van der Waals surface area contributed by atoms with E-state index in [2.05, 4.69) is 57.8 Å². The summed E-state index contributed by atoms with van der Waals surface area (Å²) in [6.45, 7) is 7.89. The van der Waals surface area contributed by atoms with Crippen LogP contribution in [0.25, 0.3) is 33.8 Å². The Morgan fingerprint density at radius 1 is 0.744 bits per heavy atom. The fourth-order valence-electron chi connectivity index (χ4n) is 8.77. The van der Waals surface area contributed by atoms with Crippen molar-refractivity contribution in [2.24, 2.45) is 11.7 Å². The molecular formula is C61H72BrN13O15. The van der Waals surface area contributed by atoms with Gasteiger partial charge >= 0.3 is 18.1 Å². The van der Waals surface area contributed by atoms with Gasteiger partial charge in [0, 0.05) is 48.3 Å². The second kappa shape index (κ2) is 34.9. The lowest BCUT2D eigenvalue weighted by molar-refractivity contribution is -0.137. The normalized spacial score (nSPS) is 12.6. The standard InChI is InChI=1S/C61H72BrN13O15/c1-37(2)54(74-50(76)20-24-85-27-29-87-31-32-88-30-28-86-26-23-75-51(77)18-19-52(75)78)58(80)71-47(11-6-21-64-60(63)83)57(79)69-40-14-12-39(13-15-40)36-90-61(84)65-22-25-89-41-33-48-43(66-34-41)16-17-46(70-48)56-55(45-10-4-7-38(3)68-45)72-49(73-56)35-67-44-9-5-8-42(53(44)62)59(81)82/h4-5,7-10,12-19,33-34,37,47,54,67H,6,11,20-32,35-36H2,1-3H3,(H,65,84)(H,69,79)(H,71,80)(H,72,73)(H,74,76)(H,81,82)(H3,63,64,83). The number of carboxylic acids is 1. The third kappa shape index (κ3) is 21.4. The summed E-state index contributed by atoms with van der Waals surface area (Å²) >= 11 is 3.39. The molecule has 0 fully saturated rings. The molecule has 10 N–H and O–H groups in total. The fourth-order valence-corrected chi connectivity index (χ4v) is 9.34. The first kappa shape index (κ1) is 68.1. The number of primary amides is 1. The topological polar surface area (TPSA) is 381 Å². The van der Waals surface area contributed by atoms with Crippen LogP contribution in [0.1, 0.15) is 60.5 Å². The summed E-state index contributed by atoms with van der Waals surface area (Å²) in [6.07, 6.45) is 3.63.